The highest BCUT2D eigenvalue weighted by Crippen LogP contribution is 2.42. The third kappa shape index (κ3) is 5.89. The number of nitrogens with zero attached hydrogens (tertiary/aromatic N) is 3. The van der Waals surface area contributed by atoms with Crippen LogP contribution in [0, 0.1) is 5.41 Å². The lowest BCUT2D eigenvalue weighted by Gasteiger charge is -2.38. The minimum atomic E-state index is -0.307. The van der Waals surface area contributed by atoms with Gasteiger partial charge in [0, 0.05) is 32.0 Å². The highest BCUT2D eigenvalue weighted by Gasteiger charge is 2.47. The summed E-state index contributed by atoms with van der Waals surface area (Å²) in [6.45, 7) is 4.20. The fourth-order valence-corrected chi connectivity index (χ4v) is 6.08. The molecule has 5 rings (SSSR count). The summed E-state index contributed by atoms with van der Waals surface area (Å²) >= 11 is 0. The molecular weight excluding hydrogens is 452 g/mol. The van der Waals surface area contributed by atoms with E-state index in [1.54, 1.807) is 6.20 Å². The smallest absolute Gasteiger partial charge is 0.407 e. The second kappa shape index (κ2) is 11.4. The van der Waals surface area contributed by atoms with Crippen LogP contribution in [0.1, 0.15) is 68.5 Å². The average Bonchev–Trinajstić information content (AvgIpc) is 3.53. The van der Waals surface area contributed by atoms with Crippen molar-refractivity contribution >= 4 is 12.0 Å². The summed E-state index contributed by atoms with van der Waals surface area (Å²) < 4.78 is 5.67. The Hall–Kier alpha value is -2.93. The van der Waals surface area contributed by atoms with Crippen molar-refractivity contribution in [3.05, 3.63) is 66.0 Å². The third-order valence-corrected chi connectivity index (χ3v) is 8.31. The van der Waals surface area contributed by atoms with Crippen molar-refractivity contribution in [1.82, 2.24) is 20.1 Å². The van der Waals surface area contributed by atoms with E-state index < -0.39 is 0 Å². The number of piperidine rings is 1. The highest BCUT2D eigenvalue weighted by atomic mass is 16.6. The first-order valence-corrected chi connectivity index (χ1v) is 13.5. The van der Waals surface area contributed by atoms with Crippen molar-refractivity contribution in [2.75, 3.05) is 26.2 Å². The number of hydrogen-bond donors (Lipinski definition) is 1. The van der Waals surface area contributed by atoms with Crippen LogP contribution in [0.5, 0.6) is 0 Å². The number of nitrogens with one attached hydrogen (secondary N) is 1. The van der Waals surface area contributed by atoms with Gasteiger partial charge in [-0.15, -0.1) is 0 Å². The molecule has 0 bridgehead atoms. The zero-order chi connectivity index (χ0) is 24.8. The number of alkyl carbamates (subject to hydrolysis) is 1. The largest absolute Gasteiger partial charge is 0.446 e. The molecule has 1 spiro atoms. The molecule has 1 aromatic heterocycles. The number of rotatable bonds is 8. The van der Waals surface area contributed by atoms with E-state index in [1.807, 2.05) is 41.4 Å². The van der Waals surface area contributed by atoms with Gasteiger partial charge < -0.3 is 19.9 Å². The van der Waals surface area contributed by atoms with Crippen LogP contribution in [0.15, 0.2) is 54.9 Å². The molecule has 1 saturated carbocycles. The van der Waals surface area contributed by atoms with Gasteiger partial charge in [0.2, 0.25) is 5.91 Å². The molecule has 1 atom stereocenters. The molecule has 2 aliphatic heterocycles. The molecule has 1 N–H and O–H groups in total. The Balaban J connectivity index is 1.13. The first-order valence-electron chi connectivity index (χ1n) is 13.5. The molecule has 3 fully saturated rings. The molecule has 7 nitrogen and oxygen atoms in total. The minimum Gasteiger partial charge on any atom is -0.446 e. The lowest BCUT2D eigenvalue weighted by atomic mass is 9.77. The van der Waals surface area contributed by atoms with Crippen molar-refractivity contribution in [3.63, 3.8) is 0 Å². The normalized spacial score (nSPS) is 21.1. The van der Waals surface area contributed by atoms with Gasteiger partial charge in [0.05, 0.1) is 11.5 Å². The molecule has 2 amide bonds. The van der Waals surface area contributed by atoms with Gasteiger partial charge in [-0.3, -0.25) is 9.78 Å². The van der Waals surface area contributed by atoms with Gasteiger partial charge in [-0.05, 0) is 81.6 Å². The number of hydrogen-bond acceptors (Lipinski definition) is 5. The van der Waals surface area contributed by atoms with Gasteiger partial charge in [0.15, 0.2) is 0 Å². The molecule has 0 radical (unpaired) electrons. The monoisotopic (exact) mass is 490 g/mol. The fraction of sp³-hybridized carbons (Fsp3) is 0.552. The lowest BCUT2D eigenvalue weighted by Crippen LogP contribution is -2.45. The molecule has 1 aliphatic carbocycles. The SMILES string of the molecule is O=C(N[C@@H](CCN1CCC2(CC1)CCN(Cc1cccnc1)C2=O)c1ccccc1)OC1CCCC1. The van der Waals surface area contributed by atoms with Gasteiger partial charge in [-0.25, -0.2) is 4.79 Å². The Morgan fingerprint density at radius 3 is 2.53 bits per heavy atom. The van der Waals surface area contributed by atoms with Crippen LogP contribution in [0.25, 0.3) is 0 Å². The Morgan fingerprint density at radius 1 is 1.06 bits per heavy atom. The first-order chi connectivity index (χ1) is 17.6. The predicted molar refractivity (Wildman–Crippen MR) is 138 cm³/mol. The van der Waals surface area contributed by atoms with Crippen LogP contribution in [0.2, 0.25) is 0 Å². The number of carbonyl (C=O) groups excluding carboxylic acids is 2. The number of benzene rings is 1. The van der Waals surface area contributed by atoms with Crippen molar-refractivity contribution in [2.45, 2.75) is 70.1 Å². The van der Waals surface area contributed by atoms with Crippen molar-refractivity contribution in [3.8, 4) is 0 Å². The maximum Gasteiger partial charge on any atom is 0.407 e. The summed E-state index contributed by atoms with van der Waals surface area (Å²) in [6.07, 6.45) is 11.2. The van der Waals surface area contributed by atoms with Gasteiger partial charge in [-0.1, -0.05) is 36.4 Å². The Labute approximate surface area is 214 Å². The molecule has 3 aliphatic rings. The Morgan fingerprint density at radius 2 is 1.81 bits per heavy atom. The number of pyridine rings is 1. The zero-order valence-electron chi connectivity index (χ0n) is 21.1. The van der Waals surface area contributed by atoms with Crippen LogP contribution in [0.3, 0.4) is 0 Å². The van der Waals surface area contributed by atoms with E-state index in [9.17, 15) is 9.59 Å². The molecule has 0 unspecified atom stereocenters. The van der Waals surface area contributed by atoms with Crippen molar-refractivity contribution in [2.24, 2.45) is 5.41 Å². The molecular formula is C29H38N4O3. The number of ether oxygens (including phenoxy) is 1. The number of amides is 2. The number of likely N-dealkylation sites (tertiary alicyclic amines) is 2. The van der Waals surface area contributed by atoms with E-state index >= 15 is 0 Å². The number of aromatic nitrogens is 1. The fourth-order valence-electron chi connectivity index (χ4n) is 6.08. The summed E-state index contributed by atoms with van der Waals surface area (Å²) in [5.41, 5.74) is 1.98. The van der Waals surface area contributed by atoms with Crippen LogP contribution >= 0.6 is 0 Å². The van der Waals surface area contributed by atoms with Gasteiger partial charge in [0.1, 0.15) is 6.10 Å². The van der Waals surface area contributed by atoms with Gasteiger partial charge in [-0.2, -0.15) is 0 Å². The predicted octanol–water partition coefficient (Wildman–Crippen LogP) is 4.70. The summed E-state index contributed by atoms with van der Waals surface area (Å²) in [5.74, 6) is 0.310. The Kier molecular flexibility index (Phi) is 7.85. The summed E-state index contributed by atoms with van der Waals surface area (Å²) in [4.78, 5) is 34.6. The molecule has 36 heavy (non-hydrogen) atoms. The second-order valence-corrected chi connectivity index (χ2v) is 10.7. The molecule has 3 heterocycles. The highest BCUT2D eigenvalue weighted by molar-refractivity contribution is 5.85. The van der Waals surface area contributed by atoms with E-state index in [0.29, 0.717) is 12.5 Å². The van der Waals surface area contributed by atoms with E-state index in [-0.39, 0.29) is 23.7 Å². The maximum atomic E-state index is 13.3. The molecule has 2 saturated heterocycles. The molecule has 2 aromatic rings. The molecule has 1 aromatic carbocycles. The lowest BCUT2D eigenvalue weighted by molar-refractivity contribution is -0.138. The third-order valence-electron chi connectivity index (χ3n) is 8.31. The topological polar surface area (TPSA) is 74.8 Å². The zero-order valence-corrected chi connectivity index (χ0v) is 21.1. The van der Waals surface area contributed by atoms with E-state index in [1.165, 1.54) is 0 Å². The molecule has 7 heteroatoms. The number of carbonyl (C=O) groups is 2. The molecule has 192 valence electrons. The minimum absolute atomic E-state index is 0.0568. The standard InChI is InChI=1S/C29H38N4O3/c34-27-29(15-20-33(27)22-23-7-6-16-30-21-23)13-18-32(19-14-29)17-12-26(24-8-2-1-3-9-24)31-28(35)36-25-10-4-5-11-25/h1-3,6-9,16,21,25-26H,4-5,10-15,17-20,22H2,(H,31,35)/t26-/m0/s1. The maximum absolute atomic E-state index is 13.3. The quantitative estimate of drug-likeness (QED) is 0.581. The summed E-state index contributed by atoms with van der Waals surface area (Å²) in [7, 11) is 0. The van der Waals surface area contributed by atoms with Gasteiger partial charge in [0.25, 0.3) is 0 Å². The van der Waals surface area contributed by atoms with Crippen LogP contribution < -0.4 is 5.32 Å². The first kappa shape index (κ1) is 24.8. The summed E-state index contributed by atoms with van der Waals surface area (Å²) in [6, 6.07) is 14.0. The van der Waals surface area contributed by atoms with Gasteiger partial charge >= 0.3 is 6.09 Å². The van der Waals surface area contributed by atoms with E-state index in [2.05, 4.69) is 27.3 Å². The van der Waals surface area contributed by atoms with Crippen LogP contribution in [-0.4, -0.2) is 59.1 Å². The second-order valence-electron chi connectivity index (χ2n) is 10.7. The van der Waals surface area contributed by atoms with E-state index in [0.717, 1.165) is 88.7 Å². The summed E-state index contributed by atoms with van der Waals surface area (Å²) in [5, 5.41) is 3.13. The Bertz CT molecular complexity index is 1000. The van der Waals surface area contributed by atoms with Crippen molar-refractivity contribution < 1.29 is 14.3 Å². The van der Waals surface area contributed by atoms with Crippen LogP contribution in [-0.2, 0) is 16.1 Å². The van der Waals surface area contributed by atoms with Crippen molar-refractivity contribution in [1.29, 1.82) is 0 Å². The van der Waals surface area contributed by atoms with E-state index in [4.69, 9.17) is 4.74 Å². The van der Waals surface area contributed by atoms with Crippen LogP contribution in [0.4, 0.5) is 4.79 Å². The average molecular weight is 491 g/mol.